The summed E-state index contributed by atoms with van der Waals surface area (Å²) in [5, 5.41) is 6.32. The molecule has 1 heterocycles. The Kier molecular flexibility index (Phi) is 6.06. The van der Waals surface area contributed by atoms with E-state index < -0.39 is 0 Å². The predicted molar refractivity (Wildman–Crippen MR) is 73.3 cm³/mol. The Hall–Kier alpha value is -0.350. The number of unbranched alkanes of at least 4 members (excludes halogenated alkanes) is 1. The predicted octanol–water partition coefficient (Wildman–Crippen LogP) is 2.43. The minimum Gasteiger partial charge on any atom is -0.362 e. The van der Waals surface area contributed by atoms with Gasteiger partial charge in [0.15, 0.2) is 5.11 Å². The Labute approximate surface area is 105 Å². The third kappa shape index (κ3) is 4.26. The Morgan fingerprint density at radius 3 is 2.50 bits per heavy atom. The molecule has 0 amide bonds. The van der Waals surface area contributed by atoms with Crippen molar-refractivity contribution in [2.45, 2.75) is 65.0 Å². The normalized spacial score (nSPS) is 26.4. The van der Waals surface area contributed by atoms with Gasteiger partial charge in [0.1, 0.15) is 0 Å². The zero-order chi connectivity index (χ0) is 12.0. The summed E-state index contributed by atoms with van der Waals surface area (Å²) >= 11 is 5.29. The first kappa shape index (κ1) is 13.7. The summed E-state index contributed by atoms with van der Waals surface area (Å²) in [4.78, 5) is 0. The molecule has 0 radical (unpaired) electrons. The van der Waals surface area contributed by atoms with E-state index in [2.05, 4.69) is 36.5 Å². The maximum Gasteiger partial charge on any atom is 0.181 e. The zero-order valence-electron chi connectivity index (χ0n) is 10.8. The third-order valence-corrected chi connectivity index (χ3v) is 3.48. The fourth-order valence-corrected chi connectivity index (χ4v) is 2.38. The van der Waals surface area contributed by atoms with Gasteiger partial charge < -0.3 is 5.32 Å². The van der Waals surface area contributed by atoms with Crippen LogP contribution in [-0.2, 0) is 0 Å². The lowest BCUT2D eigenvalue weighted by Crippen LogP contribution is -2.56. The van der Waals surface area contributed by atoms with Crippen LogP contribution in [0.4, 0.5) is 0 Å². The second kappa shape index (κ2) is 7.07. The lowest BCUT2D eigenvalue weighted by molar-refractivity contribution is 0.0736. The summed E-state index contributed by atoms with van der Waals surface area (Å²) in [5.41, 5.74) is 3.33. The monoisotopic (exact) mass is 243 g/mol. The van der Waals surface area contributed by atoms with E-state index in [0.29, 0.717) is 12.1 Å². The summed E-state index contributed by atoms with van der Waals surface area (Å²) in [7, 11) is 0. The fraction of sp³-hybridized carbons (Fsp3) is 0.917. The van der Waals surface area contributed by atoms with Gasteiger partial charge in [0, 0.05) is 18.6 Å². The van der Waals surface area contributed by atoms with Crippen molar-refractivity contribution in [1.82, 2.24) is 15.8 Å². The molecule has 94 valence electrons. The molecule has 2 atom stereocenters. The van der Waals surface area contributed by atoms with Crippen LogP contribution in [0.15, 0.2) is 0 Å². The molecule has 0 saturated carbocycles. The van der Waals surface area contributed by atoms with Gasteiger partial charge in [-0.3, -0.25) is 5.43 Å². The highest BCUT2D eigenvalue weighted by molar-refractivity contribution is 7.80. The number of hydrogen-bond donors (Lipinski definition) is 2. The standard InChI is InChI=1S/C12H25N3S/c1-4-5-9-13-12(16)14-15-10(2)7-6-8-11(15)3/h10-11H,4-9H2,1-3H3,(H2,13,14,16). The molecule has 1 saturated heterocycles. The average Bonchev–Trinajstić information content (AvgIpc) is 2.24. The molecular formula is C12H25N3S. The number of nitrogens with zero attached hydrogens (tertiary/aromatic N) is 1. The van der Waals surface area contributed by atoms with Gasteiger partial charge >= 0.3 is 0 Å². The molecule has 0 spiro atoms. The molecule has 0 bridgehead atoms. The Bertz CT molecular complexity index is 210. The second-order valence-electron chi connectivity index (χ2n) is 4.76. The highest BCUT2D eigenvalue weighted by Gasteiger charge is 2.24. The van der Waals surface area contributed by atoms with Gasteiger partial charge in [-0.1, -0.05) is 19.8 Å². The molecule has 3 nitrogen and oxygen atoms in total. The number of hydrogen-bond acceptors (Lipinski definition) is 2. The van der Waals surface area contributed by atoms with Crippen LogP contribution >= 0.6 is 12.2 Å². The molecule has 1 aliphatic rings. The molecule has 0 aromatic rings. The summed E-state index contributed by atoms with van der Waals surface area (Å²) < 4.78 is 0. The second-order valence-corrected chi connectivity index (χ2v) is 5.17. The number of piperidine rings is 1. The van der Waals surface area contributed by atoms with E-state index in [0.717, 1.165) is 11.7 Å². The first-order chi connectivity index (χ1) is 7.65. The van der Waals surface area contributed by atoms with Crippen LogP contribution in [0.1, 0.15) is 52.9 Å². The van der Waals surface area contributed by atoms with Gasteiger partial charge in [-0.05, 0) is 45.3 Å². The first-order valence-corrected chi connectivity index (χ1v) is 6.88. The molecule has 1 aliphatic heterocycles. The molecule has 0 aliphatic carbocycles. The van der Waals surface area contributed by atoms with Crippen molar-refractivity contribution >= 4 is 17.3 Å². The van der Waals surface area contributed by atoms with E-state index in [9.17, 15) is 0 Å². The molecule has 4 heteroatoms. The van der Waals surface area contributed by atoms with Crippen LogP contribution < -0.4 is 10.7 Å². The van der Waals surface area contributed by atoms with Crippen LogP contribution in [0.2, 0.25) is 0 Å². The van der Waals surface area contributed by atoms with E-state index in [1.54, 1.807) is 0 Å². The summed E-state index contributed by atoms with van der Waals surface area (Å²) in [6.07, 6.45) is 6.22. The van der Waals surface area contributed by atoms with E-state index in [4.69, 9.17) is 12.2 Å². The van der Waals surface area contributed by atoms with Crippen molar-refractivity contribution < 1.29 is 0 Å². The molecule has 1 fully saturated rings. The van der Waals surface area contributed by atoms with Gasteiger partial charge in [0.05, 0.1) is 0 Å². The van der Waals surface area contributed by atoms with Gasteiger partial charge in [0.25, 0.3) is 0 Å². The van der Waals surface area contributed by atoms with Crippen molar-refractivity contribution in [2.75, 3.05) is 6.54 Å². The SMILES string of the molecule is CCCCNC(=S)NN1C(C)CCCC1C. The van der Waals surface area contributed by atoms with Gasteiger partial charge in [-0.25, -0.2) is 5.01 Å². The molecule has 2 N–H and O–H groups in total. The van der Waals surface area contributed by atoms with Crippen molar-refractivity contribution in [1.29, 1.82) is 0 Å². The Morgan fingerprint density at radius 1 is 1.31 bits per heavy atom. The number of rotatable bonds is 4. The van der Waals surface area contributed by atoms with Gasteiger partial charge in [-0.15, -0.1) is 0 Å². The molecule has 0 aromatic carbocycles. The van der Waals surface area contributed by atoms with Gasteiger partial charge in [-0.2, -0.15) is 0 Å². The first-order valence-electron chi connectivity index (χ1n) is 6.48. The molecule has 1 rings (SSSR count). The Balaban J connectivity index is 2.30. The van der Waals surface area contributed by atoms with Crippen LogP contribution in [0.25, 0.3) is 0 Å². The van der Waals surface area contributed by atoms with E-state index in [1.807, 2.05) is 0 Å². The summed E-state index contributed by atoms with van der Waals surface area (Å²) in [6, 6.07) is 1.16. The lowest BCUT2D eigenvalue weighted by atomic mass is 10.00. The molecule has 0 aromatic heterocycles. The van der Waals surface area contributed by atoms with E-state index in [1.165, 1.54) is 32.1 Å². The quantitative estimate of drug-likeness (QED) is 0.586. The van der Waals surface area contributed by atoms with Crippen LogP contribution in [-0.4, -0.2) is 28.7 Å². The van der Waals surface area contributed by atoms with E-state index >= 15 is 0 Å². The zero-order valence-corrected chi connectivity index (χ0v) is 11.6. The fourth-order valence-electron chi connectivity index (χ4n) is 2.18. The molecule has 2 unspecified atom stereocenters. The third-order valence-electron chi connectivity index (χ3n) is 3.24. The molecule has 16 heavy (non-hydrogen) atoms. The topological polar surface area (TPSA) is 27.3 Å². The van der Waals surface area contributed by atoms with Crippen LogP contribution in [0, 0.1) is 0 Å². The number of nitrogens with one attached hydrogen (secondary N) is 2. The minimum atomic E-state index is 0.578. The van der Waals surface area contributed by atoms with Crippen molar-refractivity contribution in [3.63, 3.8) is 0 Å². The number of thiocarbonyl (C=S) groups is 1. The van der Waals surface area contributed by atoms with Crippen molar-refractivity contribution in [2.24, 2.45) is 0 Å². The Morgan fingerprint density at radius 2 is 1.94 bits per heavy atom. The maximum absolute atomic E-state index is 5.29. The van der Waals surface area contributed by atoms with Crippen LogP contribution in [0.3, 0.4) is 0 Å². The maximum atomic E-state index is 5.29. The van der Waals surface area contributed by atoms with E-state index in [-0.39, 0.29) is 0 Å². The smallest absolute Gasteiger partial charge is 0.181 e. The van der Waals surface area contributed by atoms with Crippen molar-refractivity contribution in [3.05, 3.63) is 0 Å². The highest BCUT2D eigenvalue weighted by Crippen LogP contribution is 2.19. The number of hydrazine groups is 1. The molecular weight excluding hydrogens is 218 g/mol. The van der Waals surface area contributed by atoms with Crippen molar-refractivity contribution in [3.8, 4) is 0 Å². The van der Waals surface area contributed by atoms with Gasteiger partial charge in [0.2, 0.25) is 0 Å². The summed E-state index contributed by atoms with van der Waals surface area (Å²) in [6.45, 7) is 7.68. The largest absolute Gasteiger partial charge is 0.362 e. The van der Waals surface area contributed by atoms with Crippen LogP contribution in [0.5, 0.6) is 0 Å². The summed E-state index contributed by atoms with van der Waals surface area (Å²) in [5.74, 6) is 0. The lowest BCUT2D eigenvalue weighted by Gasteiger charge is -2.39. The highest BCUT2D eigenvalue weighted by atomic mass is 32.1. The average molecular weight is 243 g/mol. The minimum absolute atomic E-state index is 0.578.